The molecule has 0 spiro atoms. The summed E-state index contributed by atoms with van der Waals surface area (Å²) in [5.41, 5.74) is 6.09. The minimum atomic E-state index is -3.47. The zero-order valence-corrected chi connectivity index (χ0v) is 12.7. The average molecular weight is 288 g/mol. The molecule has 0 aliphatic heterocycles. The summed E-state index contributed by atoms with van der Waals surface area (Å²) in [6.45, 7) is 6.45. The second-order valence-corrected chi connectivity index (χ2v) is 7.78. The van der Waals surface area contributed by atoms with Gasteiger partial charge < -0.3 is 5.73 Å². The molecular formula is C12H20N2O2S2. The zero-order chi connectivity index (χ0) is 13.9. The van der Waals surface area contributed by atoms with Crippen LogP contribution in [0.4, 0.5) is 5.69 Å². The van der Waals surface area contributed by atoms with Crippen molar-refractivity contribution in [3.63, 3.8) is 0 Å². The fourth-order valence-corrected chi connectivity index (χ4v) is 3.18. The molecule has 18 heavy (non-hydrogen) atoms. The van der Waals surface area contributed by atoms with Crippen LogP contribution in [0.5, 0.6) is 0 Å². The maximum atomic E-state index is 11.7. The van der Waals surface area contributed by atoms with Crippen molar-refractivity contribution < 1.29 is 8.42 Å². The Morgan fingerprint density at radius 1 is 1.28 bits per heavy atom. The summed E-state index contributed by atoms with van der Waals surface area (Å²) < 4.78 is 25.6. The molecule has 0 bridgehead atoms. The molecule has 0 saturated carbocycles. The lowest BCUT2D eigenvalue weighted by Gasteiger charge is -2.15. The first-order valence-corrected chi connectivity index (χ1v) is 8.14. The molecule has 1 aromatic rings. The molecule has 0 aliphatic rings. The number of nitrogens with one attached hydrogen (secondary N) is 1. The summed E-state index contributed by atoms with van der Waals surface area (Å²) in [6, 6.07) is 5.06. The zero-order valence-electron chi connectivity index (χ0n) is 11.1. The Bertz CT molecular complexity index is 513. The lowest BCUT2D eigenvalue weighted by molar-refractivity contribution is 0.588. The van der Waals surface area contributed by atoms with E-state index in [1.165, 1.54) is 7.05 Å². The molecular weight excluding hydrogens is 268 g/mol. The smallest absolute Gasteiger partial charge is 0.242 e. The third kappa shape index (κ3) is 3.63. The van der Waals surface area contributed by atoms with Gasteiger partial charge in [-0.1, -0.05) is 20.8 Å². The molecule has 0 saturated heterocycles. The molecule has 0 amide bonds. The maximum Gasteiger partial charge on any atom is 0.242 e. The number of nitrogens with two attached hydrogens (primary N) is 1. The minimum Gasteiger partial charge on any atom is -0.398 e. The predicted octanol–water partition coefficient (Wildman–Crippen LogP) is 2.31. The molecule has 1 atom stereocenters. The van der Waals surface area contributed by atoms with Gasteiger partial charge in [0.05, 0.1) is 5.69 Å². The molecule has 1 unspecified atom stereocenters. The number of thioether (sulfide) groups is 1. The summed E-state index contributed by atoms with van der Waals surface area (Å²) in [5.74, 6) is 0.553. The summed E-state index contributed by atoms with van der Waals surface area (Å²) >= 11 is 1.70. The van der Waals surface area contributed by atoms with Crippen LogP contribution in [0.15, 0.2) is 28.0 Å². The number of anilines is 1. The van der Waals surface area contributed by atoms with E-state index in [2.05, 4.69) is 25.5 Å². The monoisotopic (exact) mass is 288 g/mol. The highest BCUT2D eigenvalue weighted by Gasteiger charge is 2.16. The molecule has 0 radical (unpaired) electrons. The number of hydrogen-bond acceptors (Lipinski definition) is 4. The van der Waals surface area contributed by atoms with Crippen molar-refractivity contribution >= 4 is 27.5 Å². The first-order chi connectivity index (χ1) is 8.27. The number of rotatable bonds is 5. The maximum absolute atomic E-state index is 11.7. The standard InChI is InChI=1S/C12H20N2O2S2/c1-8(2)9(3)17-10-5-6-12(11(13)7-10)18(15,16)14-4/h5-9,14H,13H2,1-4H3. The van der Waals surface area contributed by atoms with E-state index in [9.17, 15) is 8.42 Å². The van der Waals surface area contributed by atoms with E-state index in [0.29, 0.717) is 11.2 Å². The molecule has 6 heteroatoms. The van der Waals surface area contributed by atoms with E-state index in [-0.39, 0.29) is 10.6 Å². The van der Waals surface area contributed by atoms with Crippen LogP contribution in [0.1, 0.15) is 20.8 Å². The predicted molar refractivity (Wildman–Crippen MR) is 77.3 cm³/mol. The summed E-state index contributed by atoms with van der Waals surface area (Å²) in [6.07, 6.45) is 0. The van der Waals surface area contributed by atoms with Gasteiger partial charge in [0.1, 0.15) is 4.90 Å². The highest BCUT2D eigenvalue weighted by Crippen LogP contribution is 2.31. The number of nitrogen functional groups attached to an aromatic ring is 1. The quantitative estimate of drug-likeness (QED) is 0.644. The van der Waals surface area contributed by atoms with E-state index in [4.69, 9.17) is 5.73 Å². The van der Waals surface area contributed by atoms with Gasteiger partial charge in [0.2, 0.25) is 10.0 Å². The topological polar surface area (TPSA) is 72.2 Å². The molecule has 102 valence electrons. The lowest BCUT2D eigenvalue weighted by Crippen LogP contribution is -2.19. The molecule has 3 N–H and O–H groups in total. The molecule has 1 rings (SSSR count). The van der Waals surface area contributed by atoms with Crippen molar-refractivity contribution in [1.29, 1.82) is 0 Å². The average Bonchev–Trinajstić information content (AvgIpc) is 2.28. The van der Waals surface area contributed by atoms with Crippen molar-refractivity contribution in [3.8, 4) is 0 Å². The second-order valence-electron chi connectivity index (χ2n) is 4.47. The second kappa shape index (κ2) is 5.95. The third-order valence-corrected chi connectivity index (χ3v) is 5.73. The Morgan fingerprint density at radius 2 is 1.89 bits per heavy atom. The number of benzene rings is 1. The van der Waals surface area contributed by atoms with Crippen molar-refractivity contribution in [3.05, 3.63) is 18.2 Å². The fourth-order valence-electron chi connectivity index (χ4n) is 1.31. The normalized spacial score (nSPS) is 13.8. The van der Waals surface area contributed by atoms with Crippen LogP contribution < -0.4 is 10.5 Å². The number of hydrogen-bond donors (Lipinski definition) is 2. The van der Waals surface area contributed by atoms with Gasteiger partial charge in [-0.3, -0.25) is 0 Å². The summed E-state index contributed by atoms with van der Waals surface area (Å²) in [5, 5.41) is 0.455. The molecule has 0 aromatic heterocycles. The summed E-state index contributed by atoms with van der Waals surface area (Å²) in [4.78, 5) is 1.12. The van der Waals surface area contributed by atoms with Crippen LogP contribution in [-0.2, 0) is 10.0 Å². The largest absolute Gasteiger partial charge is 0.398 e. The van der Waals surface area contributed by atoms with E-state index >= 15 is 0 Å². The molecule has 0 heterocycles. The van der Waals surface area contributed by atoms with Crippen LogP contribution in [0, 0.1) is 5.92 Å². The van der Waals surface area contributed by atoms with Crippen molar-refractivity contribution in [2.75, 3.05) is 12.8 Å². The summed E-state index contributed by atoms with van der Waals surface area (Å²) in [7, 11) is -2.10. The van der Waals surface area contributed by atoms with E-state index in [1.54, 1.807) is 30.0 Å². The van der Waals surface area contributed by atoms with Gasteiger partial charge in [-0.25, -0.2) is 13.1 Å². The fraction of sp³-hybridized carbons (Fsp3) is 0.500. The van der Waals surface area contributed by atoms with E-state index < -0.39 is 10.0 Å². The molecule has 0 fully saturated rings. The molecule has 1 aromatic carbocycles. The first-order valence-electron chi connectivity index (χ1n) is 5.77. The SMILES string of the molecule is CNS(=O)(=O)c1ccc(SC(C)C(C)C)cc1N. The molecule has 4 nitrogen and oxygen atoms in total. The lowest BCUT2D eigenvalue weighted by atomic mass is 10.2. The van der Waals surface area contributed by atoms with Crippen LogP contribution in [-0.4, -0.2) is 20.7 Å². The van der Waals surface area contributed by atoms with Crippen molar-refractivity contribution in [2.24, 2.45) is 5.92 Å². The molecule has 0 aliphatic carbocycles. The Balaban J connectivity index is 3.00. The van der Waals surface area contributed by atoms with Gasteiger partial charge in [0.15, 0.2) is 0 Å². The van der Waals surface area contributed by atoms with E-state index in [1.807, 2.05) is 0 Å². The number of sulfonamides is 1. The Kier molecular flexibility index (Phi) is 5.07. The Morgan fingerprint density at radius 3 is 2.33 bits per heavy atom. The minimum absolute atomic E-state index is 0.131. The van der Waals surface area contributed by atoms with Crippen molar-refractivity contribution in [1.82, 2.24) is 4.72 Å². The Labute approximate surface area is 113 Å². The Hall–Kier alpha value is -0.720. The van der Waals surface area contributed by atoms with Gasteiger partial charge in [-0.15, -0.1) is 11.8 Å². The van der Waals surface area contributed by atoms with Crippen LogP contribution >= 0.6 is 11.8 Å². The van der Waals surface area contributed by atoms with Crippen LogP contribution in [0.2, 0.25) is 0 Å². The van der Waals surface area contributed by atoms with Gasteiger partial charge >= 0.3 is 0 Å². The van der Waals surface area contributed by atoms with Crippen molar-refractivity contribution in [2.45, 2.75) is 35.8 Å². The third-order valence-electron chi connectivity index (χ3n) is 2.80. The van der Waals surface area contributed by atoms with Gasteiger partial charge in [0.25, 0.3) is 0 Å². The highest BCUT2D eigenvalue weighted by molar-refractivity contribution is 8.00. The van der Waals surface area contributed by atoms with Gasteiger partial charge in [-0.2, -0.15) is 0 Å². The van der Waals surface area contributed by atoms with Gasteiger partial charge in [0, 0.05) is 10.1 Å². The van der Waals surface area contributed by atoms with E-state index in [0.717, 1.165) is 4.90 Å². The van der Waals surface area contributed by atoms with Crippen LogP contribution in [0.3, 0.4) is 0 Å². The van der Waals surface area contributed by atoms with Crippen LogP contribution in [0.25, 0.3) is 0 Å². The first kappa shape index (κ1) is 15.3. The highest BCUT2D eigenvalue weighted by atomic mass is 32.2. The van der Waals surface area contributed by atoms with Gasteiger partial charge in [-0.05, 0) is 31.2 Å².